The zero-order valence-corrected chi connectivity index (χ0v) is 41.4. The van der Waals surface area contributed by atoms with Crippen molar-refractivity contribution in [3.8, 4) is 23.0 Å². The molecule has 0 saturated heterocycles. The number of amides is 2. The second-order valence-corrected chi connectivity index (χ2v) is 22.7. The fourth-order valence-electron chi connectivity index (χ4n) is 8.54. The first-order valence-electron chi connectivity index (χ1n) is 21.6. The first-order chi connectivity index (χ1) is 33.5. The summed E-state index contributed by atoms with van der Waals surface area (Å²) < 4.78 is 197. The molecule has 0 aliphatic heterocycles. The number of benzene rings is 2. The van der Waals surface area contributed by atoms with Gasteiger partial charge in [0.1, 0.15) is 47.4 Å². The van der Waals surface area contributed by atoms with Gasteiger partial charge in [-0.3, -0.25) is 27.5 Å². The third-order valence-electron chi connectivity index (χ3n) is 12.1. The molecule has 5 aromatic rings. The number of hydrogen-bond acceptors (Lipinski definition) is 10. The van der Waals surface area contributed by atoms with Crippen molar-refractivity contribution in [1.82, 2.24) is 34.8 Å². The maximum Gasteiger partial charge on any atom is 0.435 e. The van der Waals surface area contributed by atoms with E-state index in [-0.39, 0.29) is 40.0 Å². The second-order valence-electron chi connectivity index (χ2n) is 18.8. The number of nitrogens with one attached hydrogen (secondary N) is 1. The zero-order chi connectivity index (χ0) is 54.3. The summed E-state index contributed by atoms with van der Waals surface area (Å²) in [6.07, 6.45) is -10.4. The molecule has 2 amide bonds. The van der Waals surface area contributed by atoms with E-state index in [0.717, 1.165) is 41.5 Å². The van der Waals surface area contributed by atoms with Crippen molar-refractivity contribution >= 4 is 61.2 Å². The Morgan fingerprint density at radius 1 is 1.01 bits per heavy atom. The molecule has 0 bridgehead atoms. The van der Waals surface area contributed by atoms with E-state index in [1.54, 1.807) is 0 Å². The number of sulfone groups is 1. The number of rotatable bonds is 15. The van der Waals surface area contributed by atoms with Gasteiger partial charge in [-0.05, 0) is 88.3 Å². The van der Waals surface area contributed by atoms with Gasteiger partial charge in [-0.25, -0.2) is 22.2 Å². The number of carbonyl (C=O) groups is 2. The van der Waals surface area contributed by atoms with Crippen molar-refractivity contribution in [3.63, 3.8) is 0 Å². The SMILES string of the molecule is CN(CC(C)(C)O)C(=O)CN(c1nn(CC(F)(F)F)c2c(-c3ccc(C#CC(C)(C)S(C)(=O)=O)nc3C(Cc3cc(F)cc(F)c3)NC(=O)Cn3nc(C(F)(F)F)c4c3C(F)(F)[C@@H]3C[C@H]43)ccc(Cl)c12)S(=O)[O-]. The van der Waals surface area contributed by atoms with Gasteiger partial charge in [-0.1, -0.05) is 23.6 Å². The first-order valence-corrected chi connectivity index (χ1v) is 24.9. The minimum absolute atomic E-state index is 0.195. The van der Waals surface area contributed by atoms with Gasteiger partial charge in [0.05, 0.1) is 33.3 Å². The maximum atomic E-state index is 15.6. The molecule has 2 N–H and O–H groups in total. The summed E-state index contributed by atoms with van der Waals surface area (Å²) in [6, 6.07) is 4.88. The summed E-state index contributed by atoms with van der Waals surface area (Å²) in [6.45, 7) is 0.525. The predicted molar refractivity (Wildman–Crippen MR) is 243 cm³/mol. The van der Waals surface area contributed by atoms with E-state index < -0.39 is 161 Å². The lowest BCUT2D eigenvalue weighted by molar-refractivity contribution is -0.143. The number of fused-ring (bicyclic) bond motifs is 4. The molecule has 7 rings (SSSR count). The van der Waals surface area contributed by atoms with Crippen LogP contribution in [-0.2, 0) is 62.3 Å². The molecule has 0 radical (unpaired) electrons. The molecule has 73 heavy (non-hydrogen) atoms. The van der Waals surface area contributed by atoms with Crippen LogP contribution in [0.15, 0.2) is 42.5 Å². The number of halogens is 11. The predicted octanol–water partition coefficient (Wildman–Crippen LogP) is 7.12. The normalized spacial score (nSPS) is 17.4. The van der Waals surface area contributed by atoms with Crippen LogP contribution in [0.2, 0.25) is 5.02 Å². The van der Waals surface area contributed by atoms with E-state index >= 15 is 8.78 Å². The molecule has 394 valence electrons. The highest BCUT2D eigenvalue weighted by Gasteiger charge is 2.68. The van der Waals surface area contributed by atoms with Gasteiger partial charge in [0, 0.05) is 59.8 Å². The number of nitrogens with zero attached hydrogens (tertiary/aromatic N) is 7. The Balaban J connectivity index is 1.46. The average Bonchev–Trinajstić information content (AvgIpc) is 3.74. The maximum absolute atomic E-state index is 15.6. The van der Waals surface area contributed by atoms with Gasteiger partial charge in [0.25, 0.3) is 5.92 Å². The summed E-state index contributed by atoms with van der Waals surface area (Å²) in [5.74, 6) is -6.79. The smallest absolute Gasteiger partial charge is 0.435 e. The van der Waals surface area contributed by atoms with Crippen LogP contribution in [-0.4, -0.2) is 106 Å². The van der Waals surface area contributed by atoms with Crippen LogP contribution in [0, 0.1) is 29.4 Å². The number of alkyl halides is 8. The number of aliphatic hydroxyl groups is 1. The molecular formula is C45H42ClF10N8O7S2-. The van der Waals surface area contributed by atoms with E-state index in [0.29, 0.717) is 15.1 Å². The quantitative estimate of drug-likeness (QED) is 0.0619. The van der Waals surface area contributed by atoms with Gasteiger partial charge in [0.15, 0.2) is 21.3 Å². The molecule has 3 aromatic heterocycles. The molecule has 2 aromatic carbocycles. The van der Waals surface area contributed by atoms with E-state index in [1.165, 1.54) is 40.8 Å². The van der Waals surface area contributed by atoms with Crippen LogP contribution in [0.3, 0.4) is 0 Å². The van der Waals surface area contributed by atoms with Crippen LogP contribution in [0.1, 0.15) is 80.0 Å². The van der Waals surface area contributed by atoms with Crippen LogP contribution < -0.4 is 9.62 Å². The lowest BCUT2D eigenvalue weighted by atomic mass is 9.93. The van der Waals surface area contributed by atoms with Gasteiger partial charge >= 0.3 is 12.4 Å². The summed E-state index contributed by atoms with van der Waals surface area (Å²) in [7, 11) is -2.69. The minimum atomic E-state index is -5.22. The number of hydrogen-bond donors (Lipinski definition) is 2. The van der Waals surface area contributed by atoms with Crippen LogP contribution in [0.5, 0.6) is 0 Å². The standard InChI is InChI=1S/C45H43ClF10N8O7S2/c1-41(2,67)20-61(5)33(66)19-64(72(68)69)40-35-30(46)10-9-27(37(35)63(60-40)21-43(49,50)51)26-8-7-25(11-12-42(3,4)73(6,70)71)57-36(26)31(15-22-13-23(47)16-24(48)14-22)58-32(65)18-62-39-34(38(59-62)45(54,55)56)28-17-29(28)44(39,52)53/h7-10,13-14,16,28-29,31,67H,15,17-21H2,1-6H3,(H,58,65)(H,68,69)/p-1/t28-,29+,31?/m0/s1. The molecule has 3 heterocycles. The molecule has 0 spiro atoms. The molecular weight excluding hydrogens is 1050 g/mol. The number of aromatic nitrogens is 5. The van der Waals surface area contributed by atoms with E-state index in [4.69, 9.17) is 11.6 Å². The van der Waals surface area contributed by atoms with Gasteiger partial charge in [0.2, 0.25) is 11.8 Å². The summed E-state index contributed by atoms with van der Waals surface area (Å²) in [5, 5.41) is 19.1. The highest BCUT2D eigenvalue weighted by Crippen LogP contribution is 2.68. The second kappa shape index (κ2) is 19.1. The summed E-state index contributed by atoms with van der Waals surface area (Å²) in [5.41, 5.74) is -7.22. The Labute approximate surface area is 417 Å². The molecule has 15 nitrogen and oxygen atoms in total. The molecule has 4 atom stereocenters. The van der Waals surface area contributed by atoms with Crippen LogP contribution >= 0.6 is 11.6 Å². The Hall–Kier alpha value is -5.82. The summed E-state index contributed by atoms with van der Waals surface area (Å²) >= 11 is 3.17. The zero-order valence-electron chi connectivity index (χ0n) is 39.0. The number of likely N-dealkylation sites (N-methyl/N-ethyl adjacent to an activating group) is 1. The van der Waals surface area contributed by atoms with Crippen molar-refractivity contribution in [1.29, 1.82) is 0 Å². The molecule has 1 saturated carbocycles. The average molecular weight is 1100 g/mol. The highest BCUT2D eigenvalue weighted by atomic mass is 35.5. The molecule has 1 fully saturated rings. The van der Waals surface area contributed by atoms with E-state index in [9.17, 15) is 67.0 Å². The molecule has 2 aliphatic carbocycles. The Morgan fingerprint density at radius 2 is 1.64 bits per heavy atom. The van der Waals surface area contributed by atoms with Gasteiger partial charge in [-0.15, -0.1) is 0 Å². The van der Waals surface area contributed by atoms with E-state index in [1.807, 2.05) is 0 Å². The molecule has 28 heteroatoms. The Kier molecular flexibility index (Phi) is 14.4. The van der Waals surface area contributed by atoms with Gasteiger partial charge < -0.3 is 19.9 Å². The van der Waals surface area contributed by atoms with Crippen LogP contribution in [0.25, 0.3) is 22.0 Å². The third kappa shape index (κ3) is 11.6. The van der Waals surface area contributed by atoms with Crippen molar-refractivity contribution in [2.24, 2.45) is 5.92 Å². The molecule has 2 unspecified atom stereocenters. The molecule has 2 aliphatic rings. The van der Waals surface area contributed by atoms with Crippen molar-refractivity contribution < 1.29 is 75.8 Å². The lowest BCUT2D eigenvalue weighted by Crippen LogP contribution is -2.45. The number of anilines is 1. The Morgan fingerprint density at radius 3 is 2.22 bits per heavy atom. The van der Waals surface area contributed by atoms with Crippen LogP contribution in [0.4, 0.5) is 49.7 Å². The summed E-state index contributed by atoms with van der Waals surface area (Å²) in [4.78, 5) is 33.0. The van der Waals surface area contributed by atoms with Crippen molar-refractivity contribution in [3.05, 3.63) is 93.0 Å². The fourth-order valence-corrected chi connectivity index (χ4v) is 9.50. The number of pyridine rings is 1. The van der Waals surface area contributed by atoms with E-state index in [2.05, 4.69) is 32.3 Å². The number of carbonyl (C=O) groups excluding carboxylic acids is 2. The Bertz CT molecular complexity index is 3230. The highest BCUT2D eigenvalue weighted by molar-refractivity contribution is 7.92. The third-order valence-corrected chi connectivity index (χ3v) is 15.0. The largest absolute Gasteiger partial charge is 0.755 e. The minimum Gasteiger partial charge on any atom is -0.755 e. The monoisotopic (exact) mass is 1100 g/mol. The fraction of sp³-hybridized carbons (Fsp3) is 0.444. The van der Waals surface area contributed by atoms with Crippen molar-refractivity contribution in [2.45, 2.75) is 94.2 Å². The van der Waals surface area contributed by atoms with Crippen molar-refractivity contribution in [2.75, 3.05) is 30.7 Å². The first kappa shape index (κ1) is 54.9. The topological polar surface area (TPSA) is 196 Å². The van der Waals surface area contributed by atoms with Gasteiger partial charge in [-0.2, -0.15) is 45.3 Å². The lowest BCUT2D eigenvalue weighted by Gasteiger charge is -2.29.